The molecule has 1 aliphatic heterocycles. The molecule has 1 atom stereocenters. The van der Waals surface area contributed by atoms with E-state index in [1.165, 1.54) is 6.26 Å². The van der Waals surface area contributed by atoms with E-state index in [2.05, 4.69) is 10.6 Å². The van der Waals surface area contributed by atoms with E-state index in [-0.39, 0.29) is 24.0 Å². The number of piperidine rings is 1. The Bertz CT molecular complexity index is 749. The number of carbonyl (C=O) groups excluding carboxylic acids is 2. The molecule has 1 fully saturated rings. The Kier molecular flexibility index (Phi) is 5.61. The predicted octanol–water partition coefficient (Wildman–Crippen LogP) is 3.25. The Morgan fingerprint density at radius 1 is 1.15 bits per heavy atom. The number of nitrogens with one attached hydrogen (secondary N) is 2. The van der Waals surface area contributed by atoms with E-state index < -0.39 is 0 Å². The third kappa shape index (κ3) is 4.25. The molecule has 3 amide bonds. The number of carbonyl (C=O) groups is 2. The van der Waals surface area contributed by atoms with Gasteiger partial charge in [-0.15, -0.1) is 0 Å². The summed E-state index contributed by atoms with van der Waals surface area (Å²) in [7, 11) is 0. The van der Waals surface area contributed by atoms with Crippen LogP contribution in [0, 0.1) is 6.92 Å². The average Bonchev–Trinajstić information content (AvgIpc) is 3.16. The highest BCUT2D eigenvalue weighted by molar-refractivity contribution is 5.91. The van der Waals surface area contributed by atoms with Crippen LogP contribution in [0.1, 0.15) is 47.5 Å². The molecule has 1 unspecified atom stereocenters. The fourth-order valence-corrected chi connectivity index (χ4v) is 3.36. The summed E-state index contributed by atoms with van der Waals surface area (Å²) in [5.74, 6) is 0.271. The maximum absolute atomic E-state index is 12.3. The van der Waals surface area contributed by atoms with Crippen molar-refractivity contribution in [1.82, 2.24) is 15.5 Å². The molecule has 1 aromatic carbocycles. The largest absolute Gasteiger partial charge is 0.459 e. The zero-order valence-electron chi connectivity index (χ0n) is 15.2. The monoisotopic (exact) mass is 355 g/mol. The van der Waals surface area contributed by atoms with Crippen molar-refractivity contribution >= 4 is 11.9 Å². The van der Waals surface area contributed by atoms with Gasteiger partial charge in [0.1, 0.15) is 0 Å². The smallest absolute Gasteiger partial charge is 0.315 e. The molecule has 1 aromatic heterocycles. The number of hydrogen-bond acceptors (Lipinski definition) is 3. The molecular weight excluding hydrogens is 330 g/mol. The molecule has 0 saturated carbocycles. The van der Waals surface area contributed by atoms with E-state index in [1.54, 1.807) is 17.0 Å². The van der Waals surface area contributed by atoms with Gasteiger partial charge < -0.3 is 20.0 Å². The second-order valence-electron chi connectivity index (χ2n) is 6.74. The summed E-state index contributed by atoms with van der Waals surface area (Å²) in [6, 6.07) is 11.3. The van der Waals surface area contributed by atoms with E-state index >= 15 is 0 Å². The van der Waals surface area contributed by atoms with E-state index in [0.717, 1.165) is 24.0 Å². The number of nitrogens with zero attached hydrogens (tertiary/aromatic N) is 1. The Morgan fingerprint density at radius 2 is 1.88 bits per heavy atom. The van der Waals surface area contributed by atoms with Crippen molar-refractivity contribution in [2.24, 2.45) is 0 Å². The fourth-order valence-electron chi connectivity index (χ4n) is 3.36. The van der Waals surface area contributed by atoms with Crippen molar-refractivity contribution in [3.8, 4) is 0 Å². The minimum Gasteiger partial charge on any atom is -0.459 e. The zero-order chi connectivity index (χ0) is 18.5. The summed E-state index contributed by atoms with van der Waals surface area (Å²) < 4.78 is 5.16. The molecular formula is C20H25N3O3. The van der Waals surface area contributed by atoms with Crippen LogP contribution in [0.25, 0.3) is 0 Å². The molecule has 1 aliphatic rings. The number of hydrogen-bond donors (Lipinski definition) is 2. The molecule has 2 N–H and O–H groups in total. The van der Waals surface area contributed by atoms with Crippen molar-refractivity contribution in [2.45, 2.75) is 38.8 Å². The van der Waals surface area contributed by atoms with Crippen molar-refractivity contribution in [2.75, 3.05) is 13.1 Å². The molecule has 0 bridgehead atoms. The van der Waals surface area contributed by atoms with Gasteiger partial charge in [0.25, 0.3) is 5.91 Å². The van der Waals surface area contributed by atoms with Crippen LogP contribution >= 0.6 is 0 Å². The minimum atomic E-state index is -0.170. The number of urea groups is 1. The average molecular weight is 355 g/mol. The van der Waals surface area contributed by atoms with Crippen molar-refractivity contribution < 1.29 is 14.0 Å². The lowest BCUT2D eigenvalue weighted by molar-refractivity contribution is 0.0676. The van der Waals surface area contributed by atoms with E-state index in [1.807, 2.05) is 38.1 Å². The molecule has 2 heterocycles. The highest BCUT2D eigenvalue weighted by Crippen LogP contribution is 2.17. The first-order valence-corrected chi connectivity index (χ1v) is 9.00. The van der Waals surface area contributed by atoms with Crippen LogP contribution in [0.3, 0.4) is 0 Å². The van der Waals surface area contributed by atoms with Gasteiger partial charge in [-0.25, -0.2) is 4.79 Å². The lowest BCUT2D eigenvalue weighted by atomic mass is 10.0. The fraction of sp³-hybridized carbons (Fsp3) is 0.400. The van der Waals surface area contributed by atoms with Crippen LogP contribution in [0.2, 0.25) is 0 Å². The second kappa shape index (κ2) is 8.08. The summed E-state index contributed by atoms with van der Waals surface area (Å²) in [6.45, 7) is 5.24. The highest BCUT2D eigenvalue weighted by atomic mass is 16.3. The van der Waals surface area contributed by atoms with Gasteiger partial charge in [0.05, 0.1) is 12.3 Å². The van der Waals surface area contributed by atoms with Gasteiger partial charge in [-0.05, 0) is 49.9 Å². The third-order valence-electron chi connectivity index (χ3n) is 4.85. The Morgan fingerprint density at radius 3 is 2.54 bits per heavy atom. The third-order valence-corrected chi connectivity index (χ3v) is 4.85. The first kappa shape index (κ1) is 18.0. The Hall–Kier alpha value is -2.76. The van der Waals surface area contributed by atoms with Gasteiger partial charge >= 0.3 is 6.03 Å². The van der Waals surface area contributed by atoms with E-state index in [4.69, 9.17) is 4.42 Å². The number of aryl methyl sites for hydroxylation is 1. The number of benzene rings is 1. The lowest BCUT2D eigenvalue weighted by Gasteiger charge is -2.32. The Labute approximate surface area is 153 Å². The predicted molar refractivity (Wildman–Crippen MR) is 98.9 cm³/mol. The van der Waals surface area contributed by atoms with Crippen LogP contribution in [-0.2, 0) is 0 Å². The summed E-state index contributed by atoms with van der Waals surface area (Å²) in [5, 5.41) is 6.02. The first-order chi connectivity index (χ1) is 12.5. The lowest BCUT2D eigenvalue weighted by Crippen LogP contribution is -2.49. The second-order valence-corrected chi connectivity index (χ2v) is 6.74. The van der Waals surface area contributed by atoms with Crippen LogP contribution in [-0.4, -0.2) is 36.0 Å². The van der Waals surface area contributed by atoms with Gasteiger partial charge in [0, 0.05) is 19.1 Å². The maximum Gasteiger partial charge on any atom is 0.315 e. The molecule has 26 heavy (non-hydrogen) atoms. The molecule has 0 radical (unpaired) electrons. The SMILES string of the molecule is Cc1ccccc1C(C)NC(=O)NC1CCN(C(=O)c2ccco2)CC1. The van der Waals surface area contributed by atoms with Crippen molar-refractivity contribution in [3.63, 3.8) is 0 Å². The number of amides is 3. The van der Waals surface area contributed by atoms with Gasteiger partial charge in [-0.3, -0.25) is 4.79 Å². The zero-order valence-corrected chi connectivity index (χ0v) is 15.2. The molecule has 138 valence electrons. The highest BCUT2D eigenvalue weighted by Gasteiger charge is 2.26. The maximum atomic E-state index is 12.3. The number of rotatable bonds is 4. The molecule has 3 rings (SSSR count). The Balaban J connectivity index is 1.46. The van der Waals surface area contributed by atoms with Crippen LogP contribution < -0.4 is 10.6 Å². The van der Waals surface area contributed by atoms with Crippen LogP contribution in [0.4, 0.5) is 4.79 Å². The summed E-state index contributed by atoms with van der Waals surface area (Å²) in [4.78, 5) is 26.3. The number of likely N-dealkylation sites (tertiary alicyclic amines) is 1. The molecule has 6 heteroatoms. The number of furan rings is 1. The van der Waals surface area contributed by atoms with Crippen LogP contribution in [0.15, 0.2) is 47.1 Å². The molecule has 6 nitrogen and oxygen atoms in total. The molecule has 1 saturated heterocycles. The normalized spacial score (nSPS) is 16.2. The van der Waals surface area contributed by atoms with Crippen molar-refractivity contribution in [3.05, 3.63) is 59.5 Å². The summed E-state index contributed by atoms with van der Waals surface area (Å²) >= 11 is 0. The van der Waals surface area contributed by atoms with Gasteiger partial charge in [-0.1, -0.05) is 24.3 Å². The molecule has 0 spiro atoms. The quantitative estimate of drug-likeness (QED) is 0.884. The van der Waals surface area contributed by atoms with E-state index in [9.17, 15) is 9.59 Å². The summed E-state index contributed by atoms with van der Waals surface area (Å²) in [5.41, 5.74) is 2.27. The van der Waals surface area contributed by atoms with Gasteiger partial charge in [-0.2, -0.15) is 0 Å². The van der Waals surface area contributed by atoms with Crippen LogP contribution in [0.5, 0.6) is 0 Å². The van der Waals surface area contributed by atoms with Crippen molar-refractivity contribution in [1.29, 1.82) is 0 Å². The van der Waals surface area contributed by atoms with Gasteiger partial charge in [0.15, 0.2) is 5.76 Å². The van der Waals surface area contributed by atoms with Gasteiger partial charge in [0.2, 0.25) is 0 Å². The minimum absolute atomic E-state index is 0.0585. The van der Waals surface area contributed by atoms with E-state index in [0.29, 0.717) is 18.8 Å². The first-order valence-electron chi connectivity index (χ1n) is 9.00. The molecule has 2 aromatic rings. The standard InChI is InChI=1S/C20H25N3O3/c1-14-6-3-4-7-17(14)15(2)21-20(25)22-16-9-11-23(12-10-16)19(24)18-8-5-13-26-18/h3-8,13,15-16H,9-12H2,1-2H3,(H2,21,22,25). The summed E-state index contributed by atoms with van der Waals surface area (Å²) in [6.07, 6.45) is 2.97. The topological polar surface area (TPSA) is 74.6 Å². The molecule has 0 aliphatic carbocycles.